The Balaban J connectivity index is 2.33. The van der Waals surface area contributed by atoms with Crippen LogP contribution in [0.1, 0.15) is 53.9 Å². The van der Waals surface area contributed by atoms with E-state index in [0.29, 0.717) is 12.1 Å². The second-order valence-corrected chi connectivity index (χ2v) is 6.22. The SMILES string of the molecule is CCC(C)NC1CCN(C(=O)OC(C)(C)C)CC1. The minimum atomic E-state index is -0.400. The number of rotatable bonds is 3. The molecule has 0 aromatic rings. The molecule has 106 valence electrons. The van der Waals surface area contributed by atoms with Crippen LogP contribution in [0.15, 0.2) is 0 Å². The highest BCUT2D eigenvalue weighted by molar-refractivity contribution is 5.68. The molecule has 1 N–H and O–H groups in total. The molecule has 0 aromatic carbocycles. The Morgan fingerprint density at radius 3 is 2.39 bits per heavy atom. The number of carbonyl (C=O) groups excluding carboxylic acids is 1. The topological polar surface area (TPSA) is 41.6 Å². The fourth-order valence-electron chi connectivity index (χ4n) is 2.08. The Morgan fingerprint density at radius 1 is 1.39 bits per heavy atom. The molecule has 0 spiro atoms. The van der Waals surface area contributed by atoms with Crippen LogP contribution in [-0.2, 0) is 4.74 Å². The number of ether oxygens (including phenoxy) is 1. The van der Waals surface area contributed by atoms with Crippen LogP contribution in [0.4, 0.5) is 4.79 Å². The van der Waals surface area contributed by atoms with Crippen LogP contribution in [0.2, 0.25) is 0 Å². The highest BCUT2D eigenvalue weighted by Gasteiger charge is 2.26. The van der Waals surface area contributed by atoms with Crippen LogP contribution in [0.3, 0.4) is 0 Å². The van der Waals surface area contributed by atoms with Crippen LogP contribution in [0, 0.1) is 0 Å². The normalized spacial score (nSPS) is 19.7. The summed E-state index contributed by atoms with van der Waals surface area (Å²) in [4.78, 5) is 13.7. The van der Waals surface area contributed by atoms with Gasteiger partial charge in [0, 0.05) is 25.2 Å². The van der Waals surface area contributed by atoms with Gasteiger partial charge in [0.2, 0.25) is 0 Å². The van der Waals surface area contributed by atoms with Crippen molar-refractivity contribution in [3.63, 3.8) is 0 Å². The van der Waals surface area contributed by atoms with E-state index in [9.17, 15) is 4.79 Å². The maximum atomic E-state index is 11.9. The minimum absolute atomic E-state index is 0.176. The zero-order valence-electron chi connectivity index (χ0n) is 12.5. The summed E-state index contributed by atoms with van der Waals surface area (Å²) in [5, 5.41) is 3.60. The lowest BCUT2D eigenvalue weighted by molar-refractivity contribution is 0.0196. The van der Waals surface area contributed by atoms with Crippen molar-refractivity contribution < 1.29 is 9.53 Å². The van der Waals surface area contributed by atoms with Gasteiger partial charge in [-0.15, -0.1) is 0 Å². The van der Waals surface area contributed by atoms with E-state index in [1.807, 2.05) is 25.7 Å². The summed E-state index contributed by atoms with van der Waals surface area (Å²) in [5.74, 6) is 0. The average molecular weight is 256 g/mol. The van der Waals surface area contributed by atoms with Crippen LogP contribution in [0.5, 0.6) is 0 Å². The number of hydrogen-bond acceptors (Lipinski definition) is 3. The Bertz CT molecular complexity index is 265. The van der Waals surface area contributed by atoms with Crippen molar-refractivity contribution in [2.75, 3.05) is 13.1 Å². The lowest BCUT2D eigenvalue weighted by Crippen LogP contribution is -2.48. The van der Waals surface area contributed by atoms with Gasteiger partial charge in [-0.1, -0.05) is 6.92 Å². The second-order valence-electron chi connectivity index (χ2n) is 6.22. The fourth-order valence-corrected chi connectivity index (χ4v) is 2.08. The molecule has 1 fully saturated rings. The summed E-state index contributed by atoms with van der Waals surface area (Å²) in [6.07, 6.45) is 3.00. The molecule has 4 heteroatoms. The third-order valence-corrected chi connectivity index (χ3v) is 3.28. The summed E-state index contributed by atoms with van der Waals surface area (Å²) in [6, 6.07) is 1.10. The van der Waals surface area contributed by atoms with E-state index in [1.165, 1.54) is 0 Å². The van der Waals surface area contributed by atoms with Gasteiger partial charge in [-0.05, 0) is 47.0 Å². The second kappa shape index (κ2) is 6.41. The predicted octanol–water partition coefficient (Wildman–Crippen LogP) is 2.77. The minimum Gasteiger partial charge on any atom is -0.444 e. The molecule has 0 bridgehead atoms. The monoisotopic (exact) mass is 256 g/mol. The van der Waals surface area contributed by atoms with Gasteiger partial charge in [-0.2, -0.15) is 0 Å². The van der Waals surface area contributed by atoms with Crippen molar-refractivity contribution in [3.8, 4) is 0 Å². The van der Waals surface area contributed by atoms with E-state index in [-0.39, 0.29) is 6.09 Å². The van der Waals surface area contributed by atoms with E-state index in [0.717, 1.165) is 32.4 Å². The predicted molar refractivity (Wildman–Crippen MR) is 73.7 cm³/mol. The van der Waals surface area contributed by atoms with Gasteiger partial charge >= 0.3 is 6.09 Å². The van der Waals surface area contributed by atoms with E-state index in [4.69, 9.17) is 4.74 Å². The lowest BCUT2D eigenvalue weighted by Gasteiger charge is -2.34. The largest absolute Gasteiger partial charge is 0.444 e. The lowest BCUT2D eigenvalue weighted by atomic mass is 10.0. The standard InChI is InChI=1S/C14H28N2O2/c1-6-11(2)15-12-7-9-16(10-8-12)13(17)18-14(3,4)5/h11-12,15H,6-10H2,1-5H3. The van der Waals surface area contributed by atoms with E-state index in [1.54, 1.807) is 0 Å². The van der Waals surface area contributed by atoms with Gasteiger partial charge in [0.15, 0.2) is 0 Å². The summed E-state index contributed by atoms with van der Waals surface area (Å²) >= 11 is 0. The summed E-state index contributed by atoms with van der Waals surface area (Å²) in [6.45, 7) is 11.7. The van der Waals surface area contributed by atoms with Crippen LogP contribution in [-0.4, -0.2) is 41.8 Å². The Kier molecular flexibility index (Phi) is 5.45. The third-order valence-electron chi connectivity index (χ3n) is 3.28. The van der Waals surface area contributed by atoms with Crippen molar-refractivity contribution in [1.82, 2.24) is 10.2 Å². The first-order chi connectivity index (χ1) is 8.31. The zero-order chi connectivity index (χ0) is 13.8. The molecule has 4 nitrogen and oxygen atoms in total. The molecular weight excluding hydrogens is 228 g/mol. The van der Waals surface area contributed by atoms with E-state index < -0.39 is 5.60 Å². The fraction of sp³-hybridized carbons (Fsp3) is 0.929. The van der Waals surface area contributed by atoms with Crippen LogP contribution < -0.4 is 5.32 Å². The highest BCUT2D eigenvalue weighted by Crippen LogP contribution is 2.15. The van der Waals surface area contributed by atoms with E-state index in [2.05, 4.69) is 19.2 Å². The van der Waals surface area contributed by atoms with E-state index >= 15 is 0 Å². The molecule has 0 aromatic heterocycles. The molecule has 18 heavy (non-hydrogen) atoms. The van der Waals surface area contributed by atoms with Crippen molar-refractivity contribution in [2.24, 2.45) is 0 Å². The van der Waals surface area contributed by atoms with Crippen molar-refractivity contribution >= 4 is 6.09 Å². The first kappa shape index (κ1) is 15.3. The molecule has 0 saturated carbocycles. The highest BCUT2D eigenvalue weighted by atomic mass is 16.6. The molecular formula is C14H28N2O2. The zero-order valence-corrected chi connectivity index (χ0v) is 12.5. The number of amides is 1. The molecule has 1 atom stereocenters. The maximum Gasteiger partial charge on any atom is 0.410 e. The summed E-state index contributed by atoms with van der Waals surface area (Å²) in [7, 11) is 0. The number of carbonyl (C=O) groups is 1. The maximum absolute atomic E-state index is 11.9. The molecule has 1 unspecified atom stereocenters. The molecule has 1 amide bonds. The number of piperidine rings is 1. The van der Waals surface area contributed by atoms with Crippen molar-refractivity contribution in [1.29, 1.82) is 0 Å². The van der Waals surface area contributed by atoms with Gasteiger partial charge in [0.1, 0.15) is 5.60 Å². The Hall–Kier alpha value is -0.770. The molecule has 0 radical (unpaired) electrons. The third kappa shape index (κ3) is 5.25. The van der Waals surface area contributed by atoms with Gasteiger partial charge in [-0.25, -0.2) is 4.79 Å². The van der Waals surface area contributed by atoms with Gasteiger partial charge in [-0.3, -0.25) is 0 Å². The first-order valence-corrected chi connectivity index (χ1v) is 7.05. The van der Waals surface area contributed by atoms with Gasteiger partial charge in [0.25, 0.3) is 0 Å². The number of hydrogen-bond donors (Lipinski definition) is 1. The first-order valence-electron chi connectivity index (χ1n) is 7.05. The van der Waals surface area contributed by atoms with Crippen molar-refractivity contribution in [3.05, 3.63) is 0 Å². The quantitative estimate of drug-likeness (QED) is 0.844. The number of nitrogens with zero attached hydrogens (tertiary/aromatic N) is 1. The van der Waals surface area contributed by atoms with Crippen LogP contribution >= 0.6 is 0 Å². The Labute approximate surface area is 111 Å². The molecule has 1 aliphatic rings. The molecule has 1 aliphatic heterocycles. The van der Waals surface area contributed by atoms with Crippen LogP contribution in [0.25, 0.3) is 0 Å². The van der Waals surface area contributed by atoms with Gasteiger partial charge in [0.05, 0.1) is 0 Å². The number of likely N-dealkylation sites (tertiary alicyclic amines) is 1. The molecule has 1 heterocycles. The molecule has 1 saturated heterocycles. The van der Waals surface area contributed by atoms with Gasteiger partial charge < -0.3 is 15.0 Å². The summed E-state index contributed by atoms with van der Waals surface area (Å²) < 4.78 is 5.38. The average Bonchev–Trinajstić information content (AvgIpc) is 2.27. The Morgan fingerprint density at radius 2 is 1.94 bits per heavy atom. The number of nitrogens with one attached hydrogen (secondary N) is 1. The smallest absolute Gasteiger partial charge is 0.410 e. The summed E-state index contributed by atoms with van der Waals surface area (Å²) in [5.41, 5.74) is -0.400. The van der Waals surface area contributed by atoms with Crippen molar-refractivity contribution in [2.45, 2.75) is 71.6 Å². The molecule has 1 rings (SSSR count). The molecule has 0 aliphatic carbocycles.